The monoisotopic (exact) mass is 212 g/mol. The van der Waals surface area contributed by atoms with Gasteiger partial charge >= 0.3 is 5.76 Å². The number of hydrogen-bond donors (Lipinski definition) is 1. The molecule has 0 aliphatic rings. The van der Waals surface area contributed by atoms with Gasteiger partial charge in [-0.15, -0.1) is 0 Å². The number of nitrogens with one attached hydrogen (secondary N) is 1. The van der Waals surface area contributed by atoms with Crippen molar-refractivity contribution in [2.45, 2.75) is 6.42 Å². The fourth-order valence-corrected chi connectivity index (χ4v) is 1.24. The summed E-state index contributed by atoms with van der Waals surface area (Å²) in [5.74, 6) is -1.81. The van der Waals surface area contributed by atoms with Gasteiger partial charge in [0.2, 0.25) is 0 Å². The van der Waals surface area contributed by atoms with E-state index in [9.17, 15) is 13.6 Å². The van der Waals surface area contributed by atoms with Crippen LogP contribution in [0.5, 0.6) is 0 Å². The summed E-state index contributed by atoms with van der Waals surface area (Å²) in [6.07, 6.45) is 0.112. The van der Waals surface area contributed by atoms with Crippen LogP contribution < -0.4 is 5.76 Å². The molecular formula is C9H6F2N2O2. The van der Waals surface area contributed by atoms with Gasteiger partial charge in [0.25, 0.3) is 0 Å². The van der Waals surface area contributed by atoms with Crippen LogP contribution in [0, 0.1) is 11.6 Å². The van der Waals surface area contributed by atoms with Crippen molar-refractivity contribution in [3.05, 3.63) is 51.8 Å². The lowest BCUT2D eigenvalue weighted by atomic mass is 10.1. The summed E-state index contributed by atoms with van der Waals surface area (Å²) in [6, 6.07) is 3.10. The van der Waals surface area contributed by atoms with Crippen LogP contribution in [-0.2, 0) is 6.42 Å². The first-order valence-electron chi connectivity index (χ1n) is 4.13. The minimum absolute atomic E-state index is 0.112. The van der Waals surface area contributed by atoms with E-state index in [1.54, 1.807) is 0 Å². The van der Waals surface area contributed by atoms with Gasteiger partial charge in [0.05, 0.1) is 0 Å². The summed E-state index contributed by atoms with van der Waals surface area (Å²) in [4.78, 5) is 12.9. The zero-order chi connectivity index (χ0) is 10.8. The molecule has 0 fully saturated rings. The minimum Gasteiger partial charge on any atom is -0.296 e. The Morgan fingerprint density at radius 3 is 2.47 bits per heavy atom. The Kier molecular flexibility index (Phi) is 2.32. The summed E-state index contributed by atoms with van der Waals surface area (Å²) >= 11 is 0. The molecule has 0 spiro atoms. The number of hydrogen-bond acceptors (Lipinski definition) is 3. The van der Waals surface area contributed by atoms with Crippen molar-refractivity contribution in [2.75, 3.05) is 0 Å². The van der Waals surface area contributed by atoms with E-state index in [1.165, 1.54) is 0 Å². The molecule has 0 aliphatic heterocycles. The van der Waals surface area contributed by atoms with Crippen molar-refractivity contribution >= 4 is 0 Å². The topological polar surface area (TPSA) is 58.9 Å². The molecule has 0 aliphatic carbocycles. The molecule has 2 rings (SSSR count). The average molecular weight is 212 g/mol. The lowest BCUT2D eigenvalue weighted by molar-refractivity contribution is 0.382. The molecule has 0 unspecified atom stereocenters. The third kappa shape index (κ3) is 2.28. The van der Waals surface area contributed by atoms with Crippen LogP contribution in [0.25, 0.3) is 0 Å². The summed E-state index contributed by atoms with van der Waals surface area (Å²) < 4.78 is 29.8. The molecule has 1 heterocycles. The highest BCUT2D eigenvalue weighted by Gasteiger charge is 2.05. The first-order valence-corrected chi connectivity index (χ1v) is 4.13. The Morgan fingerprint density at radius 1 is 1.27 bits per heavy atom. The fourth-order valence-electron chi connectivity index (χ4n) is 1.24. The standard InChI is InChI=1S/C9H6F2N2O2/c10-6-1-5(2-7(11)4-6)3-8-12-9(14)15-13-8/h1-2,4H,3H2,(H,12,13,14). The van der Waals surface area contributed by atoms with E-state index in [2.05, 4.69) is 14.7 Å². The molecule has 6 heteroatoms. The van der Waals surface area contributed by atoms with Crippen LogP contribution in [0.2, 0.25) is 0 Å². The van der Waals surface area contributed by atoms with Gasteiger partial charge in [-0.1, -0.05) is 5.16 Å². The van der Waals surface area contributed by atoms with Crippen molar-refractivity contribution in [3.63, 3.8) is 0 Å². The molecular weight excluding hydrogens is 206 g/mol. The molecule has 15 heavy (non-hydrogen) atoms. The van der Waals surface area contributed by atoms with Gasteiger partial charge in [-0.05, 0) is 17.7 Å². The van der Waals surface area contributed by atoms with Crippen LogP contribution in [0.1, 0.15) is 11.4 Å². The second-order valence-corrected chi connectivity index (χ2v) is 3.00. The maximum absolute atomic E-state index is 12.8. The molecule has 0 saturated carbocycles. The maximum Gasteiger partial charge on any atom is 0.438 e. The van der Waals surface area contributed by atoms with E-state index in [0.717, 1.165) is 18.2 Å². The molecule has 4 nitrogen and oxygen atoms in total. The molecule has 0 bridgehead atoms. The number of aromatic amines is 1. The smallest absolute Gasteiger partial charge is 0.296 e. The maximum atomic E-state index is 12.8. The van der Waals surface area contributed by atoms with E-state index in [-0.39, 0.29) is 12.2 Å². The zero-order valence-corrected chi connectivity index (χ0v) is 7.46. The van der Waals surface area contributed by atoms with Crippen molar-refractivity contribution < 1.29 is 13.3 Å². The summed E-state index contributed by atoms with van der Waals surface area (Å²) in [6.45, 7) is 0. The number of H-pyrrole nitrogens is 1. The predicted octanol–water partition coefficient (Wildman–Crippen LogP) is 1.23. The third-order valence-corrected chi connectivity index (χ3v) is 1.78. The lowest BCUT2D eigenvalue weighted by Gasteiger charge is -1.97. The van der Waals surface area contributed by atoms with Gasteiger partial charge in [-0.25, -0.2) is 13.6 Å². The molecule has 2 aromatic rings. The zero-order valence-electron chi connectivity index (χ0n) is 7.46. The Hall–Kier alpha value is -1.98. The van der Waals surface area contributed by atoms with Crippen LogP contribution in [0.4, 0.5) is 8.78 Å². The largest absolute Gasteiger partial charge is 0.438 e. The van der Waals surface area contributed by atoms with Gasteiger partial charge in [0.1, 0.15) is 11.6 Å². The Morgan fingerprint density at radius 2 is 1.93 bits per heavy atom. The quantitative estimate of drug-likeness (QED) is 0.814. The van der Waals surface area contributed by atoms with Gasteiger partial charge in [-0.2, -0.15) is 0 Å². The van der Waals surface area contributed by atoms with Gasteiger partial charge in [0.15, 0.2) is 5.82 Å². The van der Waals surface area contributed by atoms with Crippen molar-refractivity contribution in [1.82, 2.24) is 10.1 Å². The highest BCUT2D eigenvalue weighted by atomic mass is 19.1. The van der Waals surface area contributed by atoms with Crippen molar-refractivity contribution in [2.24, 2.45) is 0 Å². The minimum atomic E-state index is -0.693. The van der Waals surface area contributed by atoms with E-state index >= 15 is 0 Å². The third-order valence-electron chi connectivity index (χ3n) is 1.78. The molecule has 0 radical (unpaired) electrons. The van der Waals surface area contributed by atoms with Crippen LogP contribution in [-0.4, -0.2) is 10.1 Å². The van der Waals surface area contributed by atoms with Crippen molar-refractivity contribution in [3.8, 4) is 0 Å². The van der Waals surface area contributed by atoms with E-state index in [1.807, 2.05) is 0 Å². The SMILES string of the molecule is O=c1[nH]c(Cc2cc(F)cc(F)c2)no1. The van der Waals surface area contributed by atoms with Gasteiger partial charge < -0.3 is 0 Å². The molecule has 0 atom stereocenters. The average Bonchev–Trinajstić information content (AvgIpc) is 2.49. The first kappa shape index (κ1) is 9.57. The predicted molar refractivity (Wildman–Crippen MR) is 46.3 cm³/mol. The number of benzene rings is 1. The molecule has 1 aromatic heterocycles. The fraction of sp³-hybridized carbons (Fsp3) is 0.111. The van der Waals surface area contributed by atoms with E-state index in [0.29, 0.717) is 5.56 Å². The lowest BCUT2D eigenvalue weighted by Crippen LogP contribution is -1.98. The van der Waals surface area contributed by atoms with Crippen LogP contribution >= 0.6 is 0 Å². The molecule has 1 N–H and O–H groups in total. The number of aromatic nitrogens is 2. The van der Waals surface area contributed by atoms with E-state index in [4.69, 9.17) is 0 Å². The van der Waals surface area contributed by atoms with Gasteiger partial charge in [0, 0.05) is 12.5 Å². The van der Waals surface area contributed by atoms with Gasteiger partial charge in [-0.3, -0.25) is 9.51 Å². The second kappa shape index (κ2) is 3.64. The van der Waals surface area contributed by atoms with Crippen LogP contribution in [0.3, 0.4) is 0 Å². The number of halogens is 2. The van der Waals surface area contributed by atoms with E-state index < -0.39 is 17.4 Å². The van der Waals surface area contributed by atoms with Crippen LogP contribution in [0.15, 0.2) is 27.5 Å². The normalized spacial score (nSPS) is 10.5. The Labute approximate surface area is 82.5 Å². The summed E-state index contributed by atoms with van der Waals surface area (Å²) in [7, 11) is 0. The molecule has 1 aromatic carbocycles. The molecule has 78 valence electrons. The van der Waals surface area contributed by atoms with Crippen molar-refractivity contribution in [1.29, 1.82) is 0 Å². The summed E-state index contributed by atoms with van der Waals surface area (Å²) in [5.41, 5.74) is 0.372. The highest BCUT2D eigenvalue weighted by Crippen LogP contribution is 2.10. The Bertz CT molecular complexity index is 513. The Balaban J connectivity index is 2.27. The summed E-state index contributed by atoms with van der Waals surface area (Å²) in [5, 5.41) is 3.38. The number of rotatable bonds is 2. The second-order valence-electron chi connectivity index (χ2n) is 3.00. The molecule has 0 amide bonds. The number of nitrogens with zero attached hydrogens (tertiary/aromatic N) is 1. The first-order chi connectivity index (χ1) is 7.13. The highest BCUT2D eigenvalue weighted by molar-refractivity contribution is 5.20. The molecule has 0 saturated heterocycles.